The van der Waals surface area contributed by atoms with Crippen molar-refractivity contribution in [2.75, 3.05) is 13.2 Å². The fourth-order valence-corrected chi connectivity index (χ4v) is 2.59. The number of ether oxygens (including phenoxy) is 1. The van der Waals surface area contributed by atoms with Gasteiger partial charge in [0.15, 0.2) is 0 Å². The number of rotatable bonds is 5. The molecule has 1 aliphatic carbocycles. The van der Waals surface area contributed by atoms with E-state index in [-0.39, 0.29) is 19.3 Å². The lowest BCUT2D eigenvalue weighted by Gasteiger charge is -2.37. The Hall–Kier alpha value is -0.120. The Morgan fingerprint density at radius 1 is 1.31 bits per heavy atom. The standard InChI is InChI=1S/C13H26O3/c1-9(2)12-5-4-10(3)6-13(12)16-8-11(15)7-14/h9-15H,4-8H2,1-3H3/t10-,11-,12+,13-/m0/s1. The Kier molecular flexibility index (Phi) is 5.73. The predicted molar refractivity (Wildman–Crippen MR) is 64.2 cm³/mol. The second-order valence-electron chi connectivity index (χ2n) is 5.53. The van der Waals surface area contributed by atoms with Crippen LogP contribution in [0.15, 0.2) is 0 Å². The SMILES string of the molecule is CC(C)[C@H]1CC[C@H](C)C[C@@H]1OC[C@@H](O)CO. The summed E-state index contributed by atoms with van der Waals surface area (Å²) in [5.74, 6) is 1.94. The minimum Gasteiger partial charge on any atom is -0.394 e. The van der Waals surface area contributed by atoms with Gasteiger partial charge in [0, 0.05) is 0 Å². The molecule has 4 atom stereocenters. The van der Waals surface area contributed by atoms with E-state index in [0.29, 0.717) is 17.8 Å². The summed E-state index contributed by atoms with van der Waals surface area (Å²) in [4.78, 5) is 0. The topological polar surface area (TPSA) is 49.7 Å². The minimum atomic E-state index is -0.731. The van der Waals surface area contributed by atoms with Crippen LogP contribution in [0.4, 0.5) is 0 Å². The van der Waals surface area contributed by atoms with Crippen LogP contribution in [0.3, 0.4) is 0 Å². The fourth-order valence-electron chi connectivity index (χ4n) is 2.59. The van der Waals surface area contributed by atoms with E-state index in [1.54, 1.807) is 0 Å². The Balaban J connectivity index is 2.44. The highest BCUT2D eigenvalue weighted by Gasteiger charge is 2.31. The van der Waals surface area contributed by atoms with Crippen LogP contribution in [-0.4, -0.2) is 35.6 Å². The summed E-state index contributed by atoms with van der Waals surface area (Å²) >= 11 is 0. The third-order valence-electron chi connectivity index (χ3n) is 3.67. The monoisotopic (exact) mass is 230 g/mol. The van der Waals surface area contributed by atoms with Crippen molar-refractivity contribution in [2.45, 2.75) is 52.2 Å². The highest BCUT2D eigenvalue weighted by atomic mass is 16.5. The maximum atomic E-state index is 9.30. The highest BCUT2D eigenvalue weighted by Crippen LogP contribution is 2.35. The van der Waals surface area contributed by atoms with Crippen molar-refractivity contribution in [3.05, 3.63) is 0 Å². The molecule has 2 N–H and O–H groups in total. The highest BCUT2D eigenvalue weighted by molar-refractivity contribution is 4.81. The second-order valence-corrected chi connectivity index (χ2v) is 5.53. The van der Waals surface area contributed by atoms with Crippen LogP contribution in [0.25, 0.3) is 0 Å². The number of aliphatic hydroxyl groups excluding tert-OH is 2. The van der Waals surface area contributed by atoms with Gasteiger partial charge in [-0.15, -0.1) is 0 Å². The van der Waals surface area contributed by atoms with Crippen molar-refractivity contribution in [2.24, 2.45) is 17.8 Å². The minimum absolute atomic E-state index is 0.214. The normalized spacial score (nSPS) is 33.0. The number of hydrogen-bond donors (Lipinski definition) is 2. The van der Waals surface area contributed by atoms with Crippen molar-refractivity contribution in [1.82, 2.24) is 0 Å². The molecule has 0 aliphatic heterocycles. The van der Waals surface area contributed by atoms with Crippen LogP contribution in [0.2, 0.25) is 0 Å². The molecule has 1 fully saturated rings. The Bertz CT molecular complexity index is 194. The molecule has 0 aromatic carbocycles. The zero-order valence-electron chi connectivity index (χ0n) is 10.7. The fraction of sp³-hybridized carbons (Fsp3) is 1.00. The Morgan fingerprint density at radius 2 is 2.00 bits per heavy atom. The summed E-state index contributed by atoms with van der Waals surface area (Å²) in [5, 5.41) is 18.1. The van der Waals surface area contributed by atoms with E-state index in [9.17, 15) is 5.11 Å². The first-order valence-corrected chi connectivity index (χ1v) is 6.45. The largest absolute Gasteiger partial charge is 0.394 e. The summed E-state index contributed by atoms with van der Waals surface area (Å²) in [6.45, 7) is 6.78. The molecule has 0 aromatic rings. The van der Waals surface area contributed by atoms with E-state index in [1.807, 2.05) is 0 Å². The third-order valence-corrected chi connectivity index (χ3v) is 3.67. The summed E-state index contributed by atoms with van der Waals surface area (Å²) in [7, 11) is 0. The smallest absolute Gasteiger partial charge is 0.100 e. The predicted octanol–water partition coefficient (Wildman–Crippen LogP) is 1.82. The third kappa shape index (κ3) is 4.04. The molecule has 0 heterocycles. The summed E-state index contributed by atoms with van der Waals surface area (Å²) < 4.78 is 5.77. The van der Waals surface area contributed by atoms with Gasteiger partial charge >= 0.3 is 0 Å². The van der Waals surface area contributed by atoms with Gasteiger partial charge in [-0.05, 0) is 30.6 Å². The van der Waals surface area contributed by atoms with Gasteiger partial charge in [-0.3, -0.25) is 0 Å². The van der Waals surface area contributed by atoms with E-state index in [4.69, 9.17) is 9.84 Å². The Morgan fingerprint density at radius 3 is 2.56 bits per heavy atom. The second kappa shape index (κ2) is 6.58. The van der Waals surface area contributed by atoms with Crippen LogP contribution in [-0.2, 0) is 4.74 Å². The first kappa shape index (κ1) is 13.9. The molecule has 0 radical (unpaired) electrons. The summed E-state index contributed by atoms with van der Waals surface area (Å²) in [5.41, 5.74) is 0. The molecule has 1 aliphatic rings. The molecule has 1 saturated carbocycles. The van der Waals surface area contributed by atoms with Crippen molar-refractivity contribution in [1.29, 1.82) is 0 Å². The van der Waals surface area contributed by atoms with Gasteiger partial charge in [0.2, 0.25) is 0 Å². The molecule has 96 valence electrons. The van der Waals surface area contributed by atoms with Crippen molar-refractivity contribution in [3.63, 3.8) is 0 Å². The molecule has 0 bridgehead atoms. The summed E-state index contributed by atoms with van der Waals surface area (Å²) in [6, 6.07) is 0. The molecular formula is C13H26O3. The maximum Gasteiger partial charge on any atom is 0.100 e. The maximum absolute atomic E-state index is 9.30. The number of aliphatic hydroxyl groups is 2. The zero-order chi connectivity index (χ0) is 12.1. The molecule has 0 unspecified atom stereocenters. The van der Waals surface area contributed by atoms with Crippen LogP contribution in [0, 0.1) is 17.8 Å². The molecule has 0 aromatic heterocycles. The average molecular weight is 230 g/mol. The van der Waals surface area contributed by atoms with E-state index in [0.717, 1.165) is 6.42 Å². The van der Waals surface area contributed by atoms with Crippen LogP contribution in [0.1, 0.15) is 40.0 Å². The van der Waals surface area contributed by atoms with Gasteiger partial charge in [-0.25, -0.2) is 0 Å². The number of hydrogen-bond acceptors (Lipinski definition) is 3. The lowest BCUT2D eigenvalue weighted by molar-refractivity contribution is -0.0776. The average Bonchev–Trinajstić information content (AvgIpc) is 2.25. The van der Waals surface area contributed by atoms with Gasteiger partial charge in [0.25, 0.3) is 0 Å². The van der Waals surface area contributed by atoms with E-state index in [1.165, 1.54) is 12.8 Å². The quantitative estimate of drug-likeness (QED) is 0.757. The molecule has 0 saturated heterocycles. The lowest BCUT2D eigenvalue weighted by Crippen LogP contribution is -2.36. The van der Waals surface area contributed by atoms with Crippen LogP contribution < -0.4 is 0 Å². The van der Waals surface area contributed by atoms with Gasteiger partial charge in [-0.1, -0.05) is 27.2 Å². The van der Waals surface area contributed by atoms with Gasteiger partial charge < -0.3 is 14.9 Å². The molecule has 0 spiro atoms. The van der Waals surface area contributed by atoms with E-state index >= 15 is 0 Å². The van der Waals surface area contributed by atoms with Crippen molar-refractivity contribution >= 4 is 0 Å². The molecule has 0 amide bonds. The molecule has 3 nitrogen and oxygen atoms in total. The molecule has 3 heteroatoms. The van der Waals surface area contributed by atoms with Gasteiger partial charge in [0.05, 0.1) is 19.3 Å². The lowest BCUT2D eigenvalue weighted by atomic mass is 9.75. The first-order chi connectivity index (χ1) is 7.54. The van der Waals surface area contributed by atoms with Crippen LogP contribution in [0.5, 0.6) is 0 Å². The van der Waals surface area contributed by atoms with Crippen LogP contribution >= 0.6 is 0 Å². The summed E-state index contributed by atoms with van der Waals surface area (Å²) in [6.07, 6.45) is 3.11. The van der Waals surface area contributed by atoms with Crippen molar-refractivity contribution < 1.29 is 14.9 Å². The molecular weight excluding hydrogens is 204 g/mol. The van der Waals surface area contributed by atoms with Gasteiger partial charge in [0.1, 0.15) is 6.10 Å². The molecule has 16 heavy (non-hydrogen) atoms. The first-order valence-electron chi connectivity index (χ1n) is 6.45. The Labute approximate surface area is 98.8 Å². The molecule has 1 rings (SSSR count). The van der Waals surface area contributed by atoms with E-state index < -0.39 is 6.10 Å². The zero-order valence-corrected chi connectivity index (χ0v) is 10.7. The van der Waals surface area contributed by atoms with Gasteiger partial charge in [-0.2, -0.15) is 0 Å². The van der Waals surface area contributed by atoms with Crippen molar-refractivity contribution in [3.8, 4) is 0 Å². The van der Waals surface area contributed by atoms with E-state index in [2.05, 4.69) is 20.8 Å².